The average molecular weight is 344 g/mol. The Kier molecular flexibility index (Phi) is 3.40. The normalized spacial score (nSPS) is 10.1. The van der Waals surface area contributed by atoms with Gasteiger partial charge in [-0.1, -0.05) is 15.9 Å². The average Bonchev–Trinajstić information content (AvgIpc) is 2.27. The molecule has 0 saturated carbocycles. The van der Waals surface area contributed by atoms with Crippen molar-refractivity contribution in [2.24, 2.45) is 0 Å². The van der Waals surface area contributed by atoms with Gasteiger partial charge in [0.1, 0.15) is 11.6 Å². The highest BCUT2D eigenvalue weighted by Crippen LogP contribution is 2.28. The fourth-order valence-electron chi connectivity index (χ4n) is 1.13. The minimum absolute atomic E-state index is 0.402. The van der Waals surface area contributed by atoms with Crippen LogP contribution in [0.5, 0.6) is 0 Å². The van der Waals surface area contributed by atoms with Crippen molar-refractivity contribution < 1.29 is 0 Å². The fourth-order valence-corrected chi connectivity index (χ4v) is 1.84. The molecular weight excluding hydrogens is 336 g/mol. The first-order valence-electron chi connectivity index (χ1n) is 4.45. The molecule has 1 heterocycles. The van der Waals surface area contributed by atoms with Crippen LogP contribution >= 0.6 is 31.9 Å². The molecule has 0 atom stereocenters. The van der Waals surface area contributed by atoms with Crippen molar-refractivity contribution in [2.75, 3.05) is 11.1 Å². The number of aromatic nitrogens is 2. The Bertz CT molecular complexity index is 499. The Balaban J connectivity index is 2.26. The summed E-state index contributed by atoms with van der Waals surface area (Å²) in [5, 5.41) is 3.13. The summed E-state index contributed by atoms with van der Waals surface area (Å²) in [5.41, 5.74) is 6.37. The molecule has 0 spiro atoms. The van der Waals surface area contributed by atoms with E-state index in [-0.39, 0.29) is 0 Å². The highest BCUT2D eigenvalue weighted by atomic mass is 79.9. The molecule has 0 unspecified atom stereocenters. The lowest BCUT2D eigenvalue weighted by atomic mass is 10.3. The van der Waals surface area contributed by atoms with Crippen molar-refractivity contribution in [3.8, 4) is 0 Å². The predicted molar refractivity (Wildman–Crippen MR) is 71.6 cm³/mol. The summed E-state index contributed by atoms with van der Waals surface area (Å²) in [4.78, 5) is 8.06. The maximum absolute atomic E-state index is 5.46. The molecule has 2 aromatic rings. The van der Waals surface area contributed by atoms with Gasteiger partial charge in [-0.2, -0.15) is 0 Å². The zero-order valence-electron chi connectivity index (χ0n) is 8.11. The second kappa shape index (κ2) is 4.80. The Morgan fingerprint density at radius 2 is 1.94 bits per heavy atom. The Morgan fingerprint density at radius 3 is 2.62 bits per heavy atom. The van der Waals surface area contributed by atoms with Crippen LogP contribution < -0.4 is 11.1 Å². The van der Waals surface area contributed by atoms with Crippen LogP contribution in [0.1, 0.15) is 0 Å². The summed E-state index contributed by atoms with van der Waals surface area (Å²) in [7, 11) is 0. The molecule has 0 amide bonds. The lowest BCUT2D eigenvalue weighted by Gasteiger charge is -2.07. The van der Waals surface area contributed by atoms with Crippen LogP contribution in [0.3, 0.4) is 0 Å². The molecule has 0 fully saturated rings. The highest BCUT2D eigenvalue weighted by molar-refractivity contribution is 9.11. The van der Waals surface area contributed by atoms with Crippen LogP contribution in [0.25, 0.3) is 0 Å². The van der Waals surface area contributed by atoms with E-state index < -0.39 is 0 Å². The third-order valence-electron chi connectivity index (χ3n) is 1.86. The van der Waals surface area contributed by atoms with Crippen LogP contribution in [0.2, 0.25) is 0 Å². The summed E-state index contributed by atoms with van der Waals surface area (Å²) in [6.45, 7) is 0. The van der Waals surface area contributed by atoms with Crippen molar-refractivity contribution in [2.45, 2.75) is 0 Å². The third-order valence-corrected chi connectivity index (χ3v) is 3.05. The van der Waals surface area contributed by atoms with Gasteiger partial charge in [-0.25, -0.2) is 9.97 Å². The molecular formula is C10H8Br2N4. The van der Waals surface area contributed by atoms with Crippen LogP contribution in [0.15, 0.2) is 39.5 Å². The number of halogens is 2. The van der Waals surface area contributed by atoms with Crippen molar-refractivity contribution in [1.82, 2.24) is 9.97 Å². The van der Waals surface area contributed by atoms with Gasteiger partial charge < -0.3 is 11.1 Å². The molecule has 82 valence electrons. The Hall–Kier alpha value is -1.14. The molecule has 4 nitrogen and oxygen atoms in total. The SMILES string of the molecule is Nc1cnc(Nc2cc(Br)ccc2Br)cn1. The Labute approximate surface area is 110 Å². The molecule has 2 rings (SSSR count). The first-order chi connectivity index (χ1) is 7.65. The highest BCUT2D eigenvalue weighted by Gasteiger charge is 2.02. The van der Waals surface area contributed by atoms with Gasteiger partial charge >= 0.3 is 0 Å². The molecule has 1 aromatic carbocycles. The molecule has 16 heavy (non-hydrogen) atoms. The summed E-state index contributed by atoms with van der Waals surface area (Å²) >= 11 is 6.85. The van der Waals surface area contributed by atoms with E-state index in [0.717, 1.165) is 14.6 Å². The lowest BCUT2D eigenvalue weighted by molar-refractivity contribution is 1.21. The second-order valence-corrected chi connectivity index (χ2v) is 4.85. The standard InChI is InChI=1S/C10H8Br2N4/c11-6-1-2-7(12)8(3-6)16-10-5-14-9(13)4-15-10/h1-5H,(H2,13,14)(H,15,16). The number of nitrogens with two attached hydrogens (primary N) is 1. The van der Waals surface area contributed by atoms with Crippen LogP contribution in [0, 0.1) is 0 Å². The molecule has 1 aromatic heterocycles. The van der Waals surface area contributed by atoms with E-state index in [9.17, 15) is 0 Å². The maximum atomic E-state index is 5.46. The molecule has 0 aliphatic heterocycles. The van der Waals surface area contributed by atoms with Gasteiger partial charge in [0.2, 0.25) is 0 Å². The number of hydrogen-bond donors (Lipinski definition) is 2. The predicted octanol–water partition coefficient (Wildman–Crippen LogP) is 3.33. The minimum Gasteiger partial charge on any atom is -0.382 e. The maximum Gasteiger partial charge on any atom is 0.149 e. The van der Waals surface area contributed by atoms with Crippen molar-refractivity contribution >= 4 is 49.2 Å². The van der Waals surface area contributed by atoms with Gasteiger partial charge in [0, 0.05) is 8.95 Å². The molecule has 6 heteroatoms. The number of rotatable bonds is 2. The number of nitrogen functional groups attached to an aromatic ring is 1. The third kappa shape index (κ3) is 2.70. The van der Waals surface area contributed by atoms with Gasteiger partial charge in [0.05, 0.1) is 18.1 Å². The minimum atomic E-state index is 0.402. The number of anilines is 3. The summed E-state index contributed by atoms with van der Waals surface area (Å²) < 4.78 is 1.94. The smallest absolute Gasteiger partial charge is 0.149 e. The topological polar surface area (TPSA) is 63.8 Å². The molecule has 0 bridgehead atoms. The van der Waals surface area contributed by atoms with Gasteiger partial charge in [0.15, 0.2) is 0 Å². The lowest BCUT2D eigenvalue weighted by Crippen LogP contribution is -1.97. The Morgan fingerprint density at radius 1 is 1.12 bits per heavy atom. The fraction of sp³-hybridized carbons (Fsp3) is 0. The largest absolute Gasteiger partial charge is 0.382 e. The van der Waals surface area contributed by atoms with Gasteiger partial charge in [-0.05, 0) is 34.1 Å². The molecule has 0 radical (unpaired) electrons. The number of nitrogens with zero attached hydrogens (tertiary/aromatic N) is 2. The number of nitrogens with one attached hydrogen (secondary N) is 1. The quantitative estimate of drug-likeness (QED) is 0.877. The van der Waals surface area contributed by atoms with E-state index in [1.54, 1.807) is 6.20 Å². The number of benzene rings is 1. The van der Waals surface area contributed by atoms with E-state index in [1.807, 2.05) is 18.2 Å². The summed E-state index contributed by atoms with van der Waals surface area (Å²) in [6.07, 6.45) is 3.09. The molecule has 3 N–H and O–H groups in total. The van der Waals surface area contributed by atoms with E-state index in [4.69, 9.17) is 5.73 Å². The van der Waals surface area contributed by atoms with E-state index in [0.29, 0.717) is 11.6 Å². The van der Waals surface area contributed by atoms with E-state index in [1.165, 1.54) is 6.20 Å². The van der Waals surface area contributed by atoms with Gasteiger partial charge in [-0.15, -0.1) is 0 Å². The van der Waals surface area contributed by atoms with Crippen LogP contribution in [0.4, 0.5) is 17.3 Å². The number of hydrogen-bond acceptors (Lipinski definition) is 4. The molecule has 0 aliphatic rings. The van der Waals surface area contributed by atoms with Gasteiger partial charge in [0.25, 0.3) is 0 Å². The first-order valence-corrected chi connectivity index (χ1v) is 6.03. The summed E-state index contributed by atoms with van der Waals surface area (Å²) in [6, 6.07) is 5.84. The van der Waals surface area contributed by atoms with Crippen LogP contribution in [-0.4, -0.2) is 9.97 Å². The summed E-state index contributed by atoms with van der Waals surface area (Å²) in [5.74, 6) is 1.05. The van der Waals surface area contributed by atoms with E-state index in [2.05, 4.69) is 47.1 Å². The first kappa shape index (κ1) is 11.3. The molecule has 0 aliphatic carbocycles. The molecule has 0 saturated heterocycles. The van der Waals surface area contributed by atoms with Crippen molar-refractivity contribution in [3.05, 3.63) is 39.5 Å². The van der Waals surface area contributed by atoms with Crippen molar-refractivity contribution in [1.29, 1.82) is 0 Å². The van der Waals surface area contributed by atoms with Crippen LogP contribution in [-0.2, 0) is 0 Å². The monoisotopic (exact) mass is 342 g/mol. The second-order valence-electron chi connectivity index (χ2n) is 3.08. The zero-order valence-corrected chi connectivity index (χ0v) is 11.3. The van der Waals surface area contributed by atoms with Crippen molar-refractivity contribution in [3.63, 3.8) is 0 Å². The van der Waals surface area contributed by atoms with Gasteiger partial charge in [-0.3, -0.25) is 0 Å². The van der Waals surface area contributed by atoms with E-state index >= 15 is 0 Å². The zero-order chi connectivity index (χ0) is 11.5.